The number of hydrogen-bond acceptors (Lipinski definition) is 5. The highest BCUT2D eigenvalue weighted by Crippen LogP contribution is 2.18. The normalized spacial score (nSPS) is 16.1. The molecule has 0 bridgehead atoms. The Bertz CT molecular complexity index is 700. The summed E-state index contributed by atoms with van der Waals surface area (Å²) in [6.45, 7) is 4.93. The van der Waals surface area contributed by atoms with Gasteiger partial charge < -0.3 is 9.74 Å². The molecule has 0 atom stereocenters. The number of benzene rings is 1. The maximum atomic E-state index is 6.30. The quantitative estimate of drug-likeness (QED) is 0.587. The molecule has 2 heterocycles. The van der Waals surface area contributed by atoms with Gasteiger partial charge in [0.15, 0.2) is 0 Å². The fourth-order valence-electron chi connectivity index (χ4n) is 3.04. The van der Waals surface area contributed by atoms with Gasteiger partial charge in [0.1, 0.15) is 12.9 Å². The number of aromatic nitrogens is 1. The Morgan fingerprint density at radius 2 is 1.88 bits per heavy atom. The zero-order valence-electron chi connectivity index (χ0n) is 14.4. The molecule has 1 saturated heterocycles. The van der Waals surface area contributed by atoms with Crippen LogP contribution in [-0.4, -0.2) is 55.4 Å². The van der Waals surface area contributed by atoms with Crippen LogP contribution in [0.3, 0.4) is 0 Å². The van der Waals surface area contributed by atoms with Crippen LogP contribution < -0.4 is 4.90 Å². The van der Waals surface area contributed by atoms with E-state index in [-0.39, 0.29) is 0 Å². The minimum atomic E-state index is 0.707. The van der Waals surface area contributed by atoms with E-state index >= 15 is 0 Å². The molecule has 1 aliphatic heterocycles. The van der Waals surface area contributed by atoms with Crippen molar-refractivity contribution in [2.45, 2.75) is 6.42 Å². The largest absolute Gasteiger partial charge is 0.399 e. The molecule has 25 heavy (non-hydrogen) atoms. The molecule has 0 amide bonds. The Morgan fingerprint density at radius 1 is 1.12 bits per heavy atom. The second kappa shape index (κ2) is 8.83. The first-order chi connectivity index (χ1) is 12.3. The van der Waals surface area contributed by atoms with Crippen LogP contribution >= 0.6 is 11.6 Å². The van der Waals surface area contributed by atoms with Crippen molar-refractivity contribution in [1.29, 1.82) is 0 Å². The zero-order chi connectivity index (χ0) is 17.5. The molecular formula is C19H23ClN4O. The van der Waals surface area contributed by atoms with Gasteiger partial charge in [0.2, 0.25) is 0 Å². The Hall–Kier alpha value is -2.11. The zero-order valence-corrected chi connectivity index (χ0v) is 15.2. The minimum absolute atomic E-state index is 0.707. The maximum absolute atomic E-state index is 6.30. The van der Waals surface area contributed by atoms with Crippen LogP contribution in [0.2, 0.25) is 5.02 Å². The van der Waals surface area contributed by atoms with Gasteiger partial charge in [0.25, 0.3) is 0 Å². The van der Waals surface area contributed by atoms with E-state index in [1.807, 2.05) is 42.6 Å². The average Bonchev–Trinajstić information content (AvgIpc) is 2.67. The third kappa shape index (κ3) is 4.71. The Kier molecular flexibility index (Phi) is 6.25. The molecule has 2 aromatic rings. The Labute approximate surface area is 153 Å². The number of nitrogens with zero attached hydrogens (tertiary/aromatic N) is 4. The molecule has 0 unspecified atom stereocenters. The lowest BCUT2D eigenvalue weighted by Gasteiger charge is -2.35. The summed E-state index contributed by atoms with van der Waals surface area (Å²) < 4.78 is 0. The summed E-state index contributed by atoms with van der Waals surface area (Å²) in [6, 6.07) is 13.8. The van der Waals surface area contributed by atoms with Crippen molar-refractivity contribution < 1.29 is 4.84 Å². The van der Waals surface area contributed by atoms with Crippen molar-refractivity contribution >= 4 is 23.1 Å². The minimum Gasteiger partial charge on any atom is -0.399 e. The predicted molar refractivity (Wildman–Crippen MR) is 103 cm³/mol. The topological polar surface area (TPSA) is 41.0 Å². The fourth-order valence-corrected chi connectivity index (χ4v) is 3.29. The second-order valence-electron chi connectivity index (χ2n) is 5.97. The first kappa shape index (κ1) is 17.7. The van der Waals surface area contributed by atoms with Gasteiger partial charge in [0, 0.05) is 55.9 Å². The van der Waals surface area contributed by atoms with E-state index in [2.05, 4.69) is 26.0 Å². The number of halogens is 1. The highest BCUT2D eigenvalue weighted by Gasteiger charge is 2.19. The number of piperazine rings is 1. The van der Waals surface area contributed by atoms with Crippen molar-refractivity contribution in [3.8, 4) is 0 Å². The van der Waals surface area contributed by atoms with E-state index in [0.29, 0.717) is 5.02 Å². The molecule has 1 aromatic carbocycles. The Morgan fingerprint density at radius 3 is 2.56 bits per heavy atom. The first-order valence-electron chi connectivity index (χ1n) is 8.51. The first-order valence-corrected chi connectivity index (χ1v) is 8.89. The van der Waals surface area contributed by atoms with Crippen molar-refractivity contribution in [2.24, 2.45) is 5.16 Å². The molecule has 3 rings (SSSR count). The standard InChI is InChI=1S/C19H23ClN4O/c1-25-22-18(16-6-2-3-7-17(16)20)9-11-23-12-14-24(15-13-23)19-8-4-5-10-21-19/h2-8,10H,9,11-15H2,1H3/b22-18+. The SMILES string of the molecule is CO/N=C(\CCN1CCN(c2ccccn2)CC1)c1ccccc1Cl. The van der Waals surface area contributed by atoms with E-state index in [4.69, 9.17) is 16.4 Å². The lowest BCUT2D eigenvalue weighted by Crippen LogP contribution is -2.47. The number of pyridine rings is 1. The molecule has 0 aliphatic carbocycles. The van der Waals surface area contributed by atoms with Crippen LogP contribution in [0.25, 0.3) is 0 Å². The number of anilines is 1. The smallest absolute Gasteiger partial charge is 0.128 e. The van der Waals surface area contributed by atoms with E-state index in [1.165, 1.54) is 0 Å². The van der Waals surface area contributed by atoms with E-state index in [0.717, 1.165) is 56.2 Å². The van der Waals surface area contributed by atoms with Crippen molar-refractivity contribution in [1.82, 2.24) is 9.88 Å². The molecule has 0 spiro atoms. The molecule has 1 fully saturated rings. The van der Waals surface area contributed by atoms with Crippen LogP contribution in [0, 0.1) is 0 Å². The summed E-state index contributed by atoms with van der Waals surface area (Å²) in [5.74, 6) is 1.06. The summed E-state index contributed by atoms with van der Waals surface area (Å²) in [5, 5.41) is 4.89. The highest BCUT2D eigenvalue weighted by molar-refractivity contribution is 6.34. The number of oxime groups is 1. The van der Waals surface area contributed by atoms with Gasteiger partial charge in [-0.3, -0.25) is 4.90 Å². The summed E-state index contributed by atoms with van der Waals surface area (Å²) in [5.41, 5.74) is 1.83. The van der Waals surface area contributed by atoms with Crippen LogP contribution in [0.4, 0.5) is 5.82 Å². The van der Waals surface area contributed by atoms with Crippen molar-refractivity contribution in [3.05, 3.63) is 59.2 Å². The monoisotopic (exact) mass is 358 g/mol. The number of rotatable bonds is 6. The van der Waals surface area contributed by atoms with Gasteiger partial charge in [-0.05, 0) is 18.2 Å². The molecule has 1 aromatic heterocycles. The summed E-state index contributed by atoms with van der Waals surface area (Å²) in [6.07, 6.45) is 2.65. The summed E-state index contributed by atoms with van der Waals surface area (Å²) >= 11 is 6.30. The molecule has 0 saturated carbocycles. The molecule has 0 radical (unpaired) electrons. The lowest BCUT2D eigenvalue weighted by molar-refractivity contribution is 0.211. The van der Waals surface area contributed by atoms with Crippen LogP contribution in [0.1, 0.15) is 12.0 Å². The van der Waals surface area contributed by atoms with E-state index in [1.54, 1.807) is 7.11 Å². The predicted octanol–water partition coefficient (Wildman–Crippen LogP) is 3.30. The van der Waals surface area contributed by atoms with Gasteiger partial charge in [-0.15, -0.1) is 0 Å². The third-order valence-electron chi connectivity index (χ3n) is 4.40. The summed E-state index contributed by atoms with van der Waals surface area (Å²) in [4.78, 5) is 14.2. The van der Waals surface area contributed by atoms with Gasteiger partial charge in [-0.25, -0.2) is 4.98 Å². The van der Waals surface area contributed by atoms with Gasteiger partial charge in [-0.1, -0.05) is 41.0 Å². The van der Waals surface area contributed by atoms with Crippen LogP contribution in [0.5, 0.6) is 0 Å². The molecule has 0 N–H and O–H groups in total. The van der Waals surface area contributed by atoms with E-state index < -0.39 is 0 Å². The van der Waals surface area contributed by atoms with Crippen molar-refractivity contribution in [2.75, 3.05) is 44.7 Å². The number of hydrogen-bond donors (Lipinski definition) is 0. The molecule has 1 aliphatic rings. The molecule has 5 nitrogen and oxygen atoms in total. The van der Waals surface area contributed by atoms with Crippen LogP contribution in [0.15, 0.2) is 53.8 Å². The molecule has 132 valence electrons. The van der Waals surface area contributed by atoms with Gasteiger partial charge >= 0.3 is 0 Å². The third-order valence-corrected chi connectivity index (χ3v) is 4.73. The van der Waals surface area contributed by atoms with Crippen molar-refractivity contribution in [3.63, 3.8) is 0 Å². The van der Waals surface area contributed by atoms with Gasteiger partial charge in [-0.2, -0.15) is 0 Å². The fraction of sp³-hybridized carbons (Fsp3) is 0.368. The van der Waals surface area contributed by atoms with Gasteiger partial charge in [0.05, 0.1) is 5.71 Å². The highest BCUT2D eigenvalue weighted by atomic mass is 35.5. The maximum Gasteiger partial charge on any atom is 0.128 e. The Balaban J connectivity index is 1.55. The average molecular weight is 359 g/mol. The molecule has 6 heteroatoms. The van der Waals surface area contributed by atoms with E-state index in [9.17, 15) is 0 Å². The second-order valence-corrected chi connectivity index (χ2v) is 6.37. The lowest BCUT2D eigenvalue weighted by atomic mass is 10.1. The molecular weight excluding hydrogens is 336 g/mol. The summed E-state index contributed by atoms with van der Waals surface area (Å²) in [7, 11) is 1.57. The van der Waals surface area contributed by atoms with Crippen LogP contribution in [-0.2, 0) is 4.84 Å².